The summed E-state index contributed by atoms with van der Waals surface area (Å²) in [4.78, 5) is 12.0. The van der Waals surface area contributed by atoms with Gasteiger partial charge >= 0.3 is 0 Å². The molecule has 1 unspecified atom stereocenters. The zero-order valence-electron chi connectivity index (χ0n) is 12.8. The van der Waals surface area contributed by atoms with Gasteiger partial charge in [0.2, 0.25) is 6.79 Å². The van der Waals surface area contributed by atoms with Crippen LogP contribution in [0, 0.1) is 5.82 Å². The van der Waals surface area contributed by atoms with Gasteiger partial charge in [-0.05, 0) is 36.8 Å². The van der Waals surface area contributed by atoms with Gasteiger partial charge in [0.1, 0.15) is 11.6 Å². The van der Waals surface area contributed by atoms with Crippen molar-refractivity contribution in [3.8, 4) is 17.2 Å². The fraction of sp³-hybridized carbons (Fsp3) is 0.235. The molecule has 2 aromatic carbocycles. The van der Waals surface area contributed by atoms with Gasteiger partial charge in [0.25, 0.3) is 5.91 Å². The van der Waals surface area contributed by atoms with E-state index in [0.717, 1.165) is 5.56 Å². The zero-order chi connectivity index (χ0) is 17.1. The van der Waals surface area contributed by atoms with Gasteiger partial charge in [0, 0.05) is 6.07 Å². The molecule has 1 heterocycles. The molecule has 0 aromatic heterocycles. The van der Waals surface area contributed by atoms with E-state index in [1.807, 2.05) is 19.1 Å². The van der Waals surface area contributed by atoms with Crippen LogP contribution in [-0.4, -0.2) is 19.3 Å². The predicted octanol–water partition coefficient (Wildman–Crippen LogP) is 3.46. The molecule has 1 aliphatic rings. The Morgan fingerprint density at radius 3 is 2.88 bits per heavy atom. The molecule has 2 aromatic rings. The van der Waals surface area contributed by atoms with Crippen LogP contribution in [0.3, 0.4) is 0 Å². The predicted molar refractivity (Wildman–Crippen MR) is 86.0 cm³/mol. The van der Waals surface area contributed by atoms with Crippen LogP contribution in [0.2, 0.25) is 5.02 Å². The van der Waals surface area contributed by atoms with E-state index in [1.165, 1.54) is 18.2 Å². The fourth-order valence-electron chi connectivity index (χ4n) is 2.26. The molecule has 0 radical (unpaired) electrons. The van der Waals surface area contributed by atoms with Gasteiger partial charge in [-0.2, -0.15) is 0 Å². The van der Waals surface area contributed by atoms with E-state index in [4.69, 9.17) is 25.8 Å². The molecule has 7 heteroatoms. The summed E-state index contributed by atoms with van der Waals surface area (Å²) in [6.45, 7) is 1.86. The number of benzene rings is 2. The number of rotatable bonds is 5. The number of hydrogen-bond donors (Lipinski definition) is 1. The molecular weight excluding hydrogens is 337 g/mol. The minimum absolute atomic E-state index is 0.0540. The Hall–Kier alpha value is -2.47. The van der Waals surface area contributed by atoms with Gasteiger partial charge in [-0.15, -0.1) is 0 Å². The second kappa shape index (κ2) is 6.97. The van der Waals surface area contributed by atoms with E-state index in [0.29, 0.717) is 17.2 Å². The molecule has 1 N–H and O–H groups in total. The molecule has 0 bridgehead atoms. The van der Waals surface area contributed by atoms with Crippen molar-refractivity contribution >= 4 is 17.5 Å². The van der Waals surface area contributed by atoms with Gasteiger partial charge in [-0.1, -0.05) is 17.7 Å². The molecule has 1 atom stereocenters. The van der Waals surface area contributed by atoms with Crippen molar-refractivity contribution in [2.45, 2.75) is 13.0 Å². The van der Waals surface area contributed by atoms with E-state index < -0.39 is 5.82 Å². The zero-order valence-corrected chi connectivity index (χ0v) is 13.6. The average molecular weight is 352 g/mol. The van der Waals surface area contributed by atoms with Crippen LogP contribution in [0.4, 0.5) is 4.39 Å². The maximum absolute atomic E-state index is 13.1. The highest BCUT2D eigenvalue weighted by atomic mass is 35.5. The summed E-state index contributed by atoms with van der Waals surface area (Å²) in [6, 6.07) is 9.18. The van der Waals surface area contributed by atoms with Crippen LogP contribution in [0.25, 0.3) is 0 Å². The molecule has 5 nitrogen and oxygen atoms in total. The van der Waals surface area contributed by atoms with Crippen molar-refractivity contribution in [3.63, 3.8) is 0 Å². The Balaban J connectivity index is 1.55. The lowest BCUT2D eigenvalue weighted by Gasteiger charge is -2.15. The Bertz CT molecular complexity index is 768. The minimum Gasteiger partial charge on any atom is -0.484 e. The lowest BCUT2D eigenvalue weighted by Crippen LogP contribution is -2.31. The van der Waals surface area contributed by atoms with Crippen molar-refractivity contribution in [1.82, 2.24) is 5.32 Å². The first-order chi connectivity index (χ1) is 11.5. The fourth-order valence-corrected chi connectivity index (χ4v) is 2.44. The molecule has 0 aliphatic carbocycles. The monoisotopic (exact) mass is 351 g/mol. The van der Waals surface area contributed by atoms with Crippen molar-refractivity contribution in [1.29, 1.82) is 0 Å². The minimum atomic E-state index is -0.537. The second-order valence-electron chi connectivity index (χ2n) is 5.27. The van der Waals surface area contributed by atoms with Crippen LogP contribution < -0.4 is 19.5 Å². The summed E-state index contributed by atoms with van der Waals surface area (Å²) in [6.07, 6.45) is 0. The third-order valence-electron chi connectivity index (χ3n) is 3.54. The van der Waals surface area contributed by atoms with Gasteiger partial charge in [-0.25, -0.2) is 4.39 Å². The third kappa shape index (κ3) is 3.71. The van der Waals surface area contributed by atoms with Crippen molar-refractivity contribution < 1.29 is 23.4 Å². The normalized spacial score (nSPS) is 13.5. The summed E-state index contributed by atoms with van der Waals surface area (Å²) in [5.74, 6) is 0.831. The largest absolute Gasteiger partial charge is 0.484 e. The molecule has 0 fully saturated rings. The molecule has 0 saturated carbocycles. The van der Waals surface area contributed by atoms with Crippen LogP contribution in [-0.2, 0) is 4.79 Å². The highest BCUT2D eigenvalue weighted by Gasteiger charge is 2.17. The molecule has 3 rings (SSSR count). The van der Waals surface area contributed by atoms with Crippen LogP contribution in [0.5, 0.6) is 17.2 Å². The molecule has 126 valence electrons. The van der Waals surface area contributed by atoms with E-state index in [1.54, 1.807) is 6.07 Å². The van der Waals surface area contributed by atoms with Crippen LogP contribution in [0.1, 0.15) is 18.5 Å². The first-order valence-electron chi connectivity index (χ1n) is 7.29. The number of carbonyl (C=O) groups is 1. The highest BCUT2D eigenvalue weighted by Crippen LogP contribution is 2.34. The number of amides is 1. The lowest BCUT2D eigenvalue weighted by molar-refractivity contribution is -0.123. The summed E-state index contributed by atoms with van der Waals surface area (Å²) in [7, 11) is 0. The first-order valence-corrected chi connectivity index (χ1v) is 7.67. The van der Waals surface area contributed by atoms with E-state index >= 15 is 0 Å². The quantitative estimate of drug-likeness (QED) is 0.896. The van der Waals surface area contributed by atoms with Gasteiger partial charge < -0.3 is 19.5 Å². The Kier molecular flexibility index (Phi) is 4.76. The number of fused-ring (bicyclic) bond motifs is 1. The molecule has 0 spiro atoms. The Labute approximate surface area is 143 Å². The number of carbonyl (C=O) groups excluding carboxylic acids is 1. The van der Waals surface area contributed by atoms with Crippen molar-refractivity contribution in [3.05, 3.63) is 52.8 Å². The SMILES string of the molecule is CC(NC(=O)COc1ccc(F)c(Cl)c1)c1ccc2c(c1)OCO2. The molecule has 24 heavy (non-hydrogen) atoms. The van der Waals surface area contributed by atoms with E-state index in [9.17, 15) is 9.18 Å². The number of halogens is 2. The van der Waals surface area contributed by atoms with Gasteiger partial charge in [-0.3, -0.25) is 4.79 Å². The smallest absolute Gasteiger partial charge is 0.258 e. The molecular formula is C17H15ClFNO4. The second-order valence-corrected chi connectivity index (χ2v) is 5.67. The molecule has 1 aliphatic heterocycles. The van der Waals surface area contributed by atoms with Gasteiger partial charge in [0.15, 0.2) is 18.1 Å². The maximum Gasteiger partial charge on any atom is 0.258 e. The molecule has 0 saturated heterocycles. The maximum atomic E-state index is 13.1. The van der Waals surface area contributed by atoms with Crippen molar-refractivity contribution in [2.24, 2.45) is 0 Å². The van der Waals surface area contributed by atoms with Gasteiger partial charge in [0.05, 0.1) is 11.1 Å². The van der Waals surface area contributed by atoms with Crippen LogP contribution >= 0.6 is 11.6 Å². The number of ether oxygens (including phenoxy) is 3. The summed E-state index contributed by atoms with van der Waals surface area (Å²) >= 11 is 5.66. The Morgan fingerprint density at radius 2 is 2.08 bits per heavy atom. The van der Waals surface area contributed by atoms with Crippen LogP contribution in [0.15, 0.2) is 36.4 Å². The summed E-state index contributed by atoms with van der Waals surface area (Å²) in [5, 5.41) is 2.76. The Morgan fingerprint density at radius 1 is 1.29 bits per heavy atom. The summed E-state index contributed by atoms with van der Waals surface area (Å²) in [5.41, 5.74) is 0.887. The summed E-state index contributed by atoms with van der Waals surface area (Å²) < 4.78 is 28.9. The lowest BCUT2D eigenvalue weighted by atomic mass is 10.1. The first kappa shape index (κ1) is 16.4. The van der Waals surface area contributed by atoms with E-state index in [-0.39, 0.29) is 30.4 Å². The highest BCUT2D eigenvalue weighted by molar-refractivity contribution is 6.30. The number of hydrogen-bond acceptors (Lipinski definition) is 4. The molecule has 1 amide bonds. The number of nitrogens with one attached hydrogen (secondary N) is 1. The topological polar surface area (TPSA) is 56.8 Å². The van der Waals surface area contributed by atoms with Crippen molar-refractivity contribution in [2.75, 3.05) is 13.4 Å². The van der Waals surface area contributed by atoms with E-state index in [2.05, 4.69) is 5.32 Å². The third-order valence-corrected chi connectivity index (χ3v) is 3.82. The average Bonchev–Trinajstić information content (AvgIpc) is 3.03. The standard InChI is InChI=1S/C17H15ClFNO4/c1-10(11-2-5-15-16(6-11)24-9-23-15)20-17(21)8-22-12-3-4-14(19)13(18)7-12/h2-7,10H,8-9H2,1H3,(H,20,21).